The Hall–Kier alpha value is -2.02. The molecule has 20 heavy (non-hydrogen) atoms. The molecule has 4 nitrogen and oxygen atoms in total. The first-order valence-electron chi connectivity index (χ1n) is 7.13. The van der Waals surface area contributed by atoms with Gasteiger partial charge in [0.15, 0.2) is 0 Å². The van der Waals surface area contributed by atoms with Gasteiger partial charge in [0.2, 0.25) is 5.91 Å². The highest BCUT2D eigenvalue weighted by Crippen LogP contribution is 2.33. The molecule has 0 atom stereocenters. The van der Waals surface area contributed by atoms with Crippen molar-refractivity contribution in [3.8, 4) is 6.07 Å². The normalized spacial score (nSPS) is 16.4. The monoisotopic (exact) mass is 271 g/mol. The maximum absolute atomic E-state index is 11.5. The van der Waals surface area contributed by atoms with Gasteiger partial charge in [-0.3, -0.25) is 4.79 Å². The van der Waals surface area contributed by atoms with E-state index >= 15 is 0 Å². The second-order valence-electron chi connectivity index (χ2n) is 5.54. The fraction of sp³-hybridized carbons (Fsp3) is 0.500. The molecule has 2 rings (SSSR count). The summed E-state index contributed by atoms with van der Waals surface area (Å²) in [5, 5.41) is 15.0. The van der Waals surface area contributed by atoms with Crippen LogP contribution in [0.4, 0.5) is 5.69 Å². The number of amides is 1. The summed E-state index contributed by atoms with van der Waals surface area (Å²) in [7, 11) is 0. The molecule has 0 saturated heterocycles. The van der Waals surface area contributed by atoms with Crippen LogP contribution in [0.25, 0.3) is 0 Å². The second-order valence-corrected chi connectivity index (χ2v) is 5.54. The van der Waals surface area contributed by atoms with Crippen LogP contribution >= 0.6 is 0 Å². The molecule has 1 aliphatic carbocycles. The van der Waals surface area contributed by atoms with E-state index in [1.54, 1.807) is 0 Å². The zero-order valence-corrected chi connectivity index (χ0v) is 11.9. The van der Waals surface area contributed by atoms with Crippen molar-refractivity contribution >= 4 is 11.6 Å². The van der Waals surface area contributed by atoms with Gasteiger partial charge in [-0.25, -0.2) is 0 Å². The van der Waals surface area contributed by atoms with Crippen LogP contribution in [-0.2, 0) is 4.79 Å². The number of carbonyl (C=O) groups excluding carboxylic acids is 1. The van der Waals surface area contributed by atoms with Gasteiger partial charge in [-0.05, 0) is 31.4 Å². The quantitative estimate of drug-likeness (QED) is 0.865. The van der Waals surface area contributed by atoms with Crippen molar-refractivity contribution in [2.24, 2.45) is 0 Å². The molecule has 2 N–H and O–H groups in total. The van der Waals surface area contributed by atoms with E-state index in [0.717, 1.165) is 18.5 Å². The first-order chi connectivity index (χ1) is 9.65. The highest BCUT2D eigenvalue weighted by molar-refractivity contribution is 5.78. The Labute approximate surface area is 120 Å². The Morgan fingerprint density at radius 2 is 2.05 bits per heavy atom. The SMILES string of the molecule is Cc1ccccc1NC1(CNC(=O)CC#N)CCCC1. The van der Waals surface area contributed by atoms with Gasteiger partial charge in [0.1, 0.15) is 6.42 Å². The number of rotatable bonds is 5. The van der Waals surface area contributed by atoms with Crippen molar-refractivity contribution in [3.63, 3.8) is 0 Å². The average molecular weight is 271 g/mol. The zero-order chi connectivity index (χ0) is 14.4. The Kier molecular flexibility index (Phi) is 4.62. The Balaban J connectivity index is 2.05. The van der Waals surface area contributed by atoms with E-state index in [0.29, 0.717) is 6.54 Å². The van der Waals surface area contributed by atoms with Gasteiger partial charge >= 0.3 is 0 Å². The maximum Gasteiger partial charge on any atom is 0.234 e. The second kappa shape index (κ2) is 6.42. The number of anilines is 1. The lowest BCUT2D eigenvalue weighted by molar-refractivity contribution is -0.120. The van der Waals surface area contributed by atoms with Gasteiger partial charge < -0.3 is 10.6 Å². The van der Waals surface area contributed by atoms with Crippen molar-refractivity contribution in [2.75, 3.05) is 11.9 Å². The van der Waals surface area contributed by atoms with E-state index in [2.05, 4.69) is 29.7 Å². The van der Waals surface area contributed by atoms with Crippen LogP contribution in [-0.4, -0.2) is 18.0 Å². The summed E-state index contributed by atoms with van der Waals surface area (Å²) in [6, 6.07) is 10.1. The van der Waals surface area contributed by atoms with Gasteiger partial charge in [-0.15, -0.1) is 0 Å². The van der Waals surface area contributed by atoms with Crippen LogP contribution in [0.1, 0.15) is 37.7 Å². The molecule has 0 radical (unpaired) electrons. The average Bonchev–Trinajstić information content (AvgIpc) is 2.89. The van der Waals surface area contributed by atoms with E-state index in [1.165, 1.54) is 18.4 Å². The number of para-hydroxylation sites is 1. The molecular formula is C16H21N3O. The number of nitrogens with zero attached hydrogens (tertiary/aromatic N) is 1. The highest BCUT2D eigenvalue weighted by atomic mass is 16.1. The van der Waals surface area contributed by atoms with Gasteiger partial charge in [0, 0.05) is 12.2 Å². The van der Waals surface area contributed by atoms with Crippen molar-refractivity contribution in [2.45, 2.75) is 44.6 Å². The third-order valence-corrected chi connectivity index (χ3v) is 3.97. The fourth-order valence-corrected chi connectivity index (χ4v) is 2.80. The van der Waals surface area contributed by atoms with Crippen LogP contribution in [0.3, 0.4) is 0 Å². The van der Waals surface area contributed by atoms with Crippen molar-refractivity contribution in [3.05, 3.63) is 29.8 Å². The van der Waals surface area contributed by atoms with Crippen molar-refractivity contribution in [1.82, 2.24) is 5.32 Å². The summed E-state index contributed by atoms with van der Waals surface area (Å²) in [5.74, 6) is -0.189. The lowest BCUT2D eigenvalue weighted by atomic mass is 9.96. The molecule has 4 heteroatoms. The number of hydrogen-bond donors (Lipinski definition) is 2. The van der Waals surface area contributed by atoms with Gasteiger partial charge in [0.25, 0.3) is 0 Å². The number of nitriles is 1. The molecule has 0 unspecified atom stereocenters. The molecule has 106 valence electrons. The minimum absolute atomic E-state index is 0.0690. The maximum atomic E-state index is 11.5. The minimum Gasteiger partial charge on any atom is -0.378 e. The number of carbonyl (C=O) groups is 1. The number of aryl methyl sites for hydroxylation is 1. The summed E-state index contributed by atoms with van der Waals surface area (Å²) in [5.41, 5.74) is 2.27. The van der Waals surface area contributed by atoms with Gasteiger partial charge in [0.05, 0.1) is 11.6 Å². The molecule has 0 bridgehead atoms. The third-order valence-electron chi connectivity index (χ3n) is 3.97. The molecule has 0 aromatic heterocycles. The molecule has 1 amide bonds. The minimum atomic E-state index is -0.189. The Morgan fingerprint density at radius 1 is 1.35 bits per heavy atom. The number of benzene rings is 1. The first-order valence-corrected chi connectivity index (χ1v) is 7.13. The smallest absolute Gasteiger partial charge is 0.234 e. The number of nitrogens with one attached hydrogen (secondary N) is 2. The Morgan fingerprint density at radius 3 is 2.70 bits per heavy atom. The zero-order valence-electron chi connectivity index (χ0n) is 11.9. The molecule has 0 aliphatic heterocycles. The molecule has 1 saturated carbocycles. The van der Waals surface area contributed by atoms with E-state index < -0.39 is 0 Å². The lowest BCUT2D eigenvalue weighted by Gasteiger charge is -2.32. The van der Waals surface area contributed by atoms with E-state index in [9.17, 15) is 4.79 Å². The molecule has 1 fully saturated rings. The predicted molar refractivity (Wildman–Crippen MR) is 79.2 cm³/mol. The van der Waals surface area contributed by atoms with Crippen LogP contribution in [0, 0.1) is 18.3 Å². The standard InChI is InChI=1S/C16H21N3O/c1-13-6-2-3-7-14(13)19-16(9-4-5-10-16)12-18-15(20)8-11-17/h2-3,6-7,19H,4-5,8-10,12H2,1H3,(H,18,20). The lowest BCUT2D eigenvalue weighted by Crippen LogP contribution is -2.46. The van der Waals surface area contributed by atoms with Crippen LogP contribution in [0.5, 0.6) is 0 Å². The van der Waals surface area contributed by atoms with Crippen LogP contribution in [0.15, 0.2) is 24.3 Å². The van der Waals surface area contributed by atoms with E-state index in [1.807, 2.05) is 18.2 Å². The summed E-state index contributed by atoms with van der Waals surface area (Å²) < 4.78 is 0. The highest BCUT2D eigenvalue weighted by Gasteiger charge is 2.34. The van der Waals surface area contributed by atoms with Gasteiger partial charge in [-0.1, -0.05) is 31.0 Å². The molecule has 1 aromatic carbocycles. The summed E-state index contributed by atoms with van der Waals surface area (Å²) in [6.45, 7) is 2.67. The predicted octanol–water partition coefficient (Wildman–Crippen LogP) is 2.75. The largest absolute Gasteiger partial charge is 0.378 e. The first kappa shape index (κ1) is 14.4. The number of hydrogen-bond acceptors (Lipinski definition) is 3. The van der Waals surface area contributed by atoms with Gasteiger partial charge in [-0.2, -0.15) is 5.26 Å². The van der Waals surface area contributed by atoms with Crippen LogP contribution in [0.2, 0.25) is 0 Å². The molecule has 1 aliphatic rings. The summed E-state index contributed by atoms with van der Waals surface area (Å²) in [6.07, 6.45) is 4.38. The summed E-state index contributed by atoms with van der Waals surface area (Å²) in [4.78, 5) is 11.5. The van der Waals surface area contributed by atoms with Crippen molar-refractivity contribution < 1.29 is 4.79 Å². The van der Waals surface area contributed by atoms with Crippen molar-refractivity contribution in [1.29, 1.82) is 5.26 Å². The Bertz CT molecular complexity index is 513. The topological polar surface area (TPSA) is 64.9 Å². The van der Waals surface area contributed by atoms with Crippen LogP contribution < -0.4 is 10.6 Å². The fourth-order valence-electron chi connectivity index (χ4n) is 2.80. The summed E-state index contributed by atoms with van der Waals surface area (Å²) >= 11 is 0. The van der Waals surface area contributed by atoms with E-state index in [4.69, 9.17) is 5.26 Å². The third kappa shape index (κ3) is 3.51. The molecule has 0 spiro atoms. The van der Waals surface area contributed by atoms with E-state index in [-0.39, 0.29) is 17.9 Å². The molecular weight excluding hydrogens is 250 g/mol. The molecule has 0 heterocycles. The molecule has 1 aromatic rings.